The van der Waals surface area contributed by atoms with E-state index < -0.39 is 61.2 Å². The van der Waals surface area contributed by atoms with Gasteiger partial charge >= 0.3 is 62.0 Å². The van der Waals surface area contributed by atoms with E-state index in [-0.39, 0.29) is 52.1 Å². The molecule has 8 rings (SSSR count). The summed E-state index contributed by atoms with van der Waals surface area (Å²) >= 11 is 5.54. The van der Waals surface area contributed by atoms with Crippen molar-refractivity contribution >= 4 is 86.7 Å². The minimum atomic E-state index is -4.45. The molecule has 0 radical (unpaired) electrons. The molecule has 0 saturated carbocycles. The molecule has 0 aromatic heterocycles. The topological polar surface area (TPSA) is 118 Å². The van der Waals surface area contributed by atoms with Crippen molar-refractivity contribution in [2.75, 3.05) is 28.4 Å². The molecule has 0 unspecified atom stereocenters. The predicted octanol–water partition coefficient (Wildman–Crippen LogP) is 13.4. The van der Waals surface area contributed by atoms with E-state index in [1.54, 1.807) is 57.5 Å². The molecule has 0 bridgehead atoms. The fourth-order valence-corrected chi connectivity index (χ4v) is 8.93. The molecule has 26 heteroatoms. The minimum absolute atomic E-state index is 0. The molecule has 0 aliphatic carbocycles. The average molecular weight is 1460 g/mol. The molecule has 0 aliphatic rings. The first-order valence-electron chi connectivity index (χ1n) is 25.7. The third-order valence-corrected chi connectivity index (χ3v) is 13.9. The summed E-state index contributed by atoms with van der Waals surface area (Å²) in [6.07, 6.45) is -15.5. The Bertz CT molecular complexity index is 3500. The maximum absolute atomic E-state index is 12.8. The molecule has 474 valence electrons. The monoisotopic (exact) mass is 1460 g/mol. The summed E-state index contributed by atoms with van der Waals surface area (Å²) in [6, 6.07) is 37.4. The third kappa shape index (κ3) is 25.5. The zero-order chi connectivity index (χ0) is 65.8. The number of ether oxygens (including phenoxy) is 4. The predicted molar refractivity (Wildman–Crippen MR) is 335 cm³/mol. The van der Waals surface area contributed by atoms with Crippen molar-refractivity contribution in [1.29, 1.82) is 0 Å². The molecule has 0 aliphatic heterocycles. The van der Waals surface area contributed by atoms with Crippen LogP contribution in [0.2, 0.25) is 0 Å². The molecule has 0 spiro atoms. The summed E-state index contributed by atoms with van der Waals surface area (Å²) in [4.78, 5) is 0. The Balaban J connectivity index is 0.000000558. The molecule has 8 aromatic carbocycles. The van der Waals surface area contributed by atoms with Crippen LogP contribution in [0.25, 0.3) is 33.4 Å². The van der Waals surface area contributed by atoms with Gasteiger partial charge in [0.15, 0.2) is 0 Å². The molecule has 8 nitrogen and oxygen atoms in total. The summed E-state index contributed by atoms with van der Waals surface area (Å²) in [5, 5.41) is 35.8. The molecule has 4 N–H and O–H groups in total. The Labute approximate surface area is 554 Å². The van der Waals surface area contributed by atoms with Crippen molar-refractivity contribution in [2.45, 2.75) is 66.2 Å². The Morgan fingerprint density at radius 1 is 0.416 bits per heavy atom. The smallest absolute Gasteiger partial charge is 1.00 e. The Morgan fingerprint density at radius 2 is 0.764 bits per heavy atom. The van der Waals surface area contributed by atoms with Crippen LogP contribution in [0.3, 0.4) is 0 Å². The first-order valence-corrected chi connectivity index (χ1v) is 27.6. The molecular formula is C63H61B2BrClF12IMgO8. The molecule has 0 fully saturated rings. The number of alkyl halides is 12. The van der Waals surface area contributed by atoms with Gasteiger partial charge < -0.3 is 57.9 Å². The van der Waals surface area contributed by atoms with E-state index in [4.69, 9.17) is 29.0 Å². The van der Waals surface area contributed by atoms with Crippen LogP contribution in [-0.2, 0) is 24.7 Å². The van der Waals surface area contributed by atoms with Gasteiger partial charge in [0.25, 0.3) is 0 Å². The molecule has 89 heavy (non-hydrogen) atoms. The summed E-state index contributed by atoms with van der Waals surface area (Å²) in [5.41, 5.74) is 4.19. The zero-order valence-electron chi connectivity index (χ0n) is 49.5. The van der Waals surface area contributed by atoms with E-state index in [0.717, 1.165) is 84.6 Å². The first-order chi connectivity index (χ1) is 40.5. The van der Waals surface area contributed by atoms with Gasteiger partial charge in [-0.1, -0.05) is 94.8 Å². The average Bonchev–Trinajstić information content (AvgIpc) is 1.02. The van der Waals surface area contributed by atoms with Crippen molar-refractivity contribution in [3.8, 4) is 56.4 Å². The maximum atomic E-state index is 12.8. The van der Waals surface area contributed by atoms with Gasteiger partial charge in [0.05, 0.1) is 54.3 Å². The van der Waals surface area contributed by atoms with Gasteiger partial charge in [-0.15, -0.1) is 0 Å². The van der Waals surface area contributed by atoms with Gasteiger partial charge in [0.2, 0.25) is 0 Å². The summed E-state index contributed by atoms with van der Waals surface area (Å²) < 4.78 is 174. The van der Waals surface area contributed by atoms with Crippen LogP contribution >= 0.6 is 38.5 Å². The van der Waals surface area contributed by atoms with E-state index in [2.05, 4.69) is 38.5 Å². The van der Waals surface area contributed by atoms with E-state index in [0.29, 0.717) is 45.4 Å². The number of benzene rings is 8. The minimum Gasteiger partial charge on any atom is -1.00 e. The van der Waals surface area contributed by atoms with Crippen molar-refractivity contribution < 1.29 is 104 Å². The molecule has 0 amide bonds. The van der Waals surface area contributed by atoms with Gasteiger partial charge in [-0.05, 0) is 190 Å². The fraction of sp³-hybridized carbons (Fsp3) is 0.222. The van der Waals surface area contributed by atoms with E-state index in [9.17, 15) is 62.7 Å². The second kappa shape index (κ2) is 37.0. The number of rotatable bonds is 9. The van der Waals surface area contributed by atoms with E-state index >= 15 is 0 Å². The van der Waals surface area contributed by atoms with Gasteiger partial charge in [-0.3, -0.25) is 0 Å². The van der Waals surface area contributed by atoms with Crippen LogP contribution in [0.5, 0.6) is 23.0 Å². The van der Waals surface area contributed by atoms with Crippen LogP contribution in [0.1, 0.15) is 58.4 Å². The molecular weight excluding hydrogens is 1400 g/mol. The van der Waals surface area contributed by atoms with Crippen LogP contribution in [0.4, 0.5) is 52.7 Å². The molecule has 0 atom stereocenters. The standard InChI is InChI=1S/C15H14BF3O3.C15H12F3IO.C15H13F3O.C8H9BrO.C7H6BF3O2.C3H7.ClH.Mg/c1-9-6-13(16(20)21)14(22-2)8-12(9)10-4-3-5-11(7-10)15(17,18)19;1-9-6-13(19)14(20-2)8-12(9)10-4-3-5-11(7-10)15(16,17)18;1-10-6-7-13(19-2)9-14(10)11-4-3-5-12(8-11)15(16,17)18;1-6-3-4-7(10-2)5-8(6)9;9-7(10,11)5-2-1-3-6(4-5)8(12)13;1-3-2;;/h3-8,20-21H,1-2H3;3-8H,1-2H3;3-9H,1-2H3;3-5H,1-2H3;1-4,12-13H;3H,1-2H3;1H;/q;;;;;-1;;+2/p-1. The largest absolute Gasteiger partial charge is 2.00 e. The summed E-state index contributed by atoms with van der Waals surface area (Å²) in [6.45, 7) is 11.5. The van der Waals surface area contributed by atoms with Crippen LogP contribution in [0.15, 0.2) is 162 Å². The quantitative estimate of drug-likeness (QED) is 0.0489. The molecule has 8 aromatic rings. The molecule has 0 heterocycles. The summed E-state index contributed by atoms with van der Waals surface area (Å²) in [5.74, 6) is 2.37. The Hall–Kier alpha value is -5.64. The maximum Gasteiger partial charge on any atom is 2.00 e. The second-order valence-electron chi connectivity index (χ2n) is 18.7. The van der Waals surface area contributed by atoms with Crippen LogP contribution in [0, 0.1) is 37.7 Å². The van der Waals surface area contributed by atoms with E-state index in [1.807, 2.05) is 71.4 Å². The van der Waals surface area contributed by atoms with Gasteiger partial charge in [-0.25, -0.2) is 0 Å². The first kappa shape index (κ1) is 81.4. The van der Waals surface area contributed by atoms with Crippen molar-refractivity contribution in [1.82, 2.24) is 0 Å². The summed E-state index contributed by atoms with van der Waals surface area (Å²) in [7, 11) is 2.50. The second-order valence-corrected chi connectivity index (χ2v) is 20.7. The van der Waals surface area contributed by atoms with Gasteiger partial charge in [0, 0.05) is 9.94 Å². The van der Waals surface area contributed by atoms with Crippen molar-refractivity contribution in [3.63, 3.8) is 0 Å². The van der Waals surface area contributed by atoms with Crippen molar-refractivity contribution in [2.24, 2.45) is 0 Å². The van der Waals surface area contributed by atoms with Crippen molar-refractivity contribution in [3.05, 3.63) is 217 Å². The number of hydrogen-bond acceptors (Lipinski definition) is 8. The van der Waals surface area contributed by atoms with Crippen LogP contribution in [-0.4, -0.2) is 85.8 Å². The van der Waals surface area contributed by atoms with Crippen LogP contribution < -0.4 is 42.3 Å². The number of methoxy groups -OCH3 is 4. The van der Waals surface area contributed by atoms with Gasteiger partial charge in [0.1, 0.15) is 23.0 Å². The Kier molecular flexibility index (Phi) is 33.8. The molecule has 0 saturated heterocycles. The SMILES string of the molecule is COc1cc(-c2cccc(C(F)(F)F)c2)c(C)cc1B(O)O.COc1cc(-c2cccc(C(F)(F)F)c2)c(C)cc1I.COc1ccc(C)c(-c2cccc(C(F)(F)F)c2)c1.COc1ccc(C)c(Br)c1.C[CH-]C.OB(O)c1cccc(C(F)(F)F)c1.[Cl-].[Mg+2]. The van der Waals surface area contributed by atoms with E-state index in [1.165, 1.54) is 56.2 Å². The normalized spacial score (nSPS) is 10.8. The number of aryl methyl sites for hydroxylation is 4. The number of halogens is 15. The zero-order valence-corrected chi connectivity index (χ0v) is 55.5. The number of hydrogen-bond donors (Lipinski definition) is 4. The Morgan fingerprint density at radius 3 is 1.12 bits per heavy atom. The fourth-order valence-electron chi connectivity index (χ4n) is 7.72. The third-order valence-electron chi connectivity index (χ3n) is 12.2. The van der Waals surface area contributed by atoms with Gasteiger partial charge in [-0.2, -0.15) is 66.5 Å².